The van der Waals surface area contributed by atoms with Crippen molar-refractivity contribution >= 4 is 11.7 Å². The van der Waals surface area contributed by atoms with Crippen LogP contribution in [0.5, 0.6) is 5.88 Å². The van der Waals surface area contributed by atoms with Crippen molar-refractivity contribution in [1.82, 2.24) is 9.97 Å². The first-order valence-corrected chi connectivity index (χ1v) is 10.1. The van der Waals surface area contributed by atoms with Gasteiger partial charge in [0.1, 0.15) is 6.61 Å². The minimum Gasteiger partial charge on any atom is -0.478 e. The summed E-state index contributed by atoms with van der Waals surface area (Å²) in [6, 6.07) is 22.2. The van der Waals surface area contributed by atoms with Crippen molar-refractivity contribution in [3.05, 3.63) is 106 Å². The monoisotopic (exact) mass is 441 g/mol. The number of aryl methyl sites for hydroxylation is 1. The van der Waals surface area contributed by atoms with Gasteiger partial charge in [0.15, 0.2) is 5.82 Å². The number of nitro benzene ring substituents is 1. The van der Waals surface area contributed by atoms with Crippen LogP contribution in [-0.2, 0) is 6.61 Å². The molecule has 4 rings (SSSR count). The lowest BCUT2D eigenvalue weighted by atomic mass is 10.1. The molecule has 0 spiro atoms. The number of carbonyl (C=O) groups is 1. The second-order valence-corrected chi connectivity index (χ2v) is 7.33. The highest BCUT2D eigenvalue weighted by atomic mass is 16.6. The van der Waals surface area contributed by atoms with Gasteiger partial charge in [-0.05, 0) is 36.2 Å². The fourth-order valence-corrected chi connectivity index (χ4v) is 3.33. The van der Waals surface area contributed by atoms with E-state index in [0.717, 1.165) is 11.1 Å². The van der Waals surface area contributed by atoms with E-state index in [4.69, 9.17) is 4.74 Å². The number of non-ortho nitro benzene ring substituents is 1. The number of carboxylic acids is 1. The van der Waals surface area contributed by atoms with Crippen molar-refractivity contribution in [2.24, 2.45) is 0 Å². The SMILES string of the molecule is Cc1cc(COc2cc(-c3ccc([N+](=O)[O-])cc3)nc(-c3ccccc3)n2)ccc1C(=O)O. The Bertz CT molecular complexity index is 1320. The molecule has 8 heteroatoms. The average molecular weight is 441 g/mol. The summed E-state index contributed by atoms with van der Waals surface area (Å²) in [5.41, 5.74) is 3.73. The highest BCUT2D eigenvalue weighted by Gasteiger charge is 2.13. The van der Waals surface area contributed by atoms with E-state index in [-0.39, 0.29) is 17.9 Å². The molecule has 0 atom stereocenters. The van der Waals surface area contributed by atoms with Gasteiger partial charge in [-0.3, -0.25) is 10.1 Å². The van der Waals surface area contributed by atoms with E-state index < -0.39 is 10.9 Å². The standard InChI is InChI=1S/C25H19N3O5/c1-16-13-17(7-12-21(16)25(29)30)15-33-23-14-22(18-8-10-20(11-9-18)28(31)32)26-24(27-23)19-5-3-2-4-6-19/h2-14H,15H2,1H3,(H,29,30). The highest BCUT2D eigenvalue weighted by Crippen LogP contribution is 2.27. The lowest BCUT2D eigenvalue weighted by molar-refractivity contribution is -0.384. The molecule has 8 nitrogen and oxygen atoms in total. The number of nitrogens with zero attached hydrogens (tertiary/aromatic N) is 3. The molecule has 33 heavy (non-hydrogen) atoms. The van der Waals surface area contributed by atoms with Crippen LogP contribution in [0.25, 0.3) is 22.6 Å². The number of nitro groups is 1. The lowest BCUT2D eigenvalue weighted by Gasteiger charge is -2.11. The van der Waals surface area contributed by atoms with Gasteiger partial charge >= 0.3 is 5.97 Å². The van der Waals surface area contributed by atoms with Crippen molar-refractivity contribution in [3.8, 4) is 28.5 Å². The summed E-state index contributed by atoms with van der Waals surface area (Å²) in [4.78, 5) is 30.9. The second-order valence-electron chi connectivity index (χ2n) is 7.33. The van der Waals surface area contributed by atoms with E-state index in [0.29, 0.717) is 28.5 Å². The summed E-state index contributed by atoms with van der Waals surface area (Å²) < 4.78 is 5.93. The van der Waals surface area contributed by atoms with Gasteiger partial charge in [-0.1, -0.05) is 42.5 Å². The molecule has 0 aliphatic rings. The lowest BCUT2D eigenvalue weighted by Crippen LogP contribution is -2.03. The highest BCUT2D eigenvalue weighted by molar-refractivity contribution is 5.89. The third-order valence-corrected chi connectivity index (χ3v) is 5.02. The molecule has 0 aliphatic carbocycles. The smallest absolute Gasteiger partial charge is 0.335 e. The third-order valence-electron chi connectivity index (χ3n) is 5.02. The van der Waals surface area contributed by atoms with Crippen molar-refractivity contribution in [2.75, 3.05) is 0 Å². The summed E-state index contributed by atoms with van der Waals surface area (Å²) in [6.07, 6.45) is 0. The summed E-state index contributed by atoms with van der Waals surface area (Å²) >= 11 is 0. The van der Waals surface area contributed by atoms with Crippen molar-refractivity contribution < 1.29 is 19.6 Å². The van der Waals surface area contributed by atoms with Gasteiger partial charge in [-0.25, -0.2) is 9.78 Å². The number of aromatic nitrogens is 2. The maximum absolute atomic E-state index is 11.2. The van der Waals surface area contributed by atoms with Gasteiger partial charge in [0, 0.05) is 29.3 Å². The first-order chi connectivity index (χ1) is 15.9. The summed E-state index contributed by atoms with van der Waals surface area (Å²) in [6.45, 7) is 1.92. The topological polar surface area (TPSA) is 115 Å². The van der Waals surface area contributed by atoms with Gasteiger partial charge in [0.05, 0.1) is 16.2 Å². The molecular formula is C25H19N3O5. The summed E-state index contributed by atoms with van der Waals surface area (Å²) in [7, 11) is 0. The van der Waals surface area contributed by atoms with Crippen molar-refractivity contribution in [3.63, 3.8) is 0 Å². The normalized spacial score (nSPS) is 10.6. The molecular weight excluding hydrogens is 422 g/mol. The predicted octanol–water partition coefficient (Wildman–Crippen LogP) is 5.30. The van der Waals surface area contributed by atoms with Crippen LogP contribution in [0, 0.1) is 17.0 Å². The molecule has 4 aromatic rings. The van der Waals surface area contributed by atoms with E-state index in [1.54, 1.807) is 43.3 Å². The van der Waals surface area contributed by atoms with E-state index in [2.05, 4.69) is 9.97 Å². The maximum atomic E-state index is 11.2. The number of aromatic carboxylic acids is 1. The summed E-state index contributed by atoms with van der Waals surface area (Å²) in [5.74, 6) is -0.188. The summed E-state index contributed by atoms with van der Waals surface area (Å²) in [5, 5.41) is 20.2. The molecule has 3 aromatic carbocycles. The van der Waals surface area contributed by atoms with Crippen LogP contribution in [0.4, 0.5) is 5.69 Å². The number of hydrogen-bond acceptors (Lipinski definition) is 6. The third kappa shape index (κ3) is 5.01. The minimum absolute atomic E-state index is 0.00672. The zero-order chi connectivity index (χ0) is 23.4. The zero-order valence-electron chi connectivity index (χ0n) is 17.6. The molecule has 0 aliphatic heterocycles. The Morgan fingerprint density at radius 2 is 1.70 bits per heavy atom. The first kappa shape index (κ1) is 21.6. The predicted molar refractivity (Wildman–Crippen MR) is 122 cm³/mol. The molecule has 0 fully saturated rings. The van der Waals surface area contributed by atoms with Gasteiger partial charge in [0.2, 0.25) is 5.88 Å². The number of carboxylic acid groups (broad SMARTS) is 1. The number of ether oxygens (including phenoxy) is 1. The van der Waals surface area contributed by atoms with Gasteiger partial charge in [0.25, 0.3) is 5.69 Å². The largest absolute Gasteiger partial charge is 0.478 e. The van der Waals surface area contributed by atoms with Crippen LogP contribution < -0.4 is 4.74 Å². The van der Waals surface area contributed by atoms with Crippen LogP contribution in [-0.4, -0.2) is 26.0 Å². The van der Waals surface area contributed by atoms with E-state index in [1.165, 1.54) is 12.1 Å². The fourth-order valence-electron chi connectivity index (χ4n) is 3.33. The average Bonchev–Trinajstić information content (AvgIpc) is 2.83. The van der Waals surface area contributed by atoms with Crippen LogP contribution in [0.3, 0.4) is 0 Å². The molecule has 0 radical (unpaired) electrons. The van der Waals surface area contributed by atoms with E-state index >= 15 is 0 Å². The van der Waals surface area contributed by atoms with E-state index in [1.807, 2.05) is 30.3 Å². The van der Waals surface area contributed by atoms with Crippen molar-refractivity contribution in [2.45, 2.75) is 13.5 Å². The Morgan fingerprint density at radius 1 is 0.970 bits per heavy atom. The van der Waals surface area contributed by atoms with Crippen LogP contribution >= 0.6 is 0 Å². The Balaban J connectivity index is 1.67. The molecule has 1 aromatic heterocycles. The van der Waals surface area contributed by atoms with Gasteiger partial charge in [-0.2, -0.15) is 4.98 Å². The molecule has 164 valence electrons. The molecule has 1 N–H and O–H groups in total. The maximum Gasteiger partial charge on any atom is 0.335 e. The molecule has 0 saturated heterocycles. The van der Waals surface area contributed by atoms with Crippen molar-refractivity contribution in [1.29, 1.82) is 0 Å². The van der Waals surface area contributed by atoms with Gasteiger partial charge < -0.3 is 9.84 Å². The molecule has 1 heterocycles. The number of rotatable bonds is 7. The van der Waals surface area contributed by atoms with E-state index in [9.17, 15) is 20.0 Å². The number of benzene rings is 3. The quantitative estimate of drug-likeness (QED) is 0.305. The Hall–Kier alpha value is -4.59. The Kier molecular flexibility index (Phi) is 6.08. The second kappa shape index (κ2) is 9.27. The van der Waals surface area contributed by atoms with Gasteiger partial charge in [-0.15, -0.1) is 0 Å². The zero-order valence-corrected chi connectivity index (χ0v) is 17.6. The Morgan fingerprint density at radius 3 is 2.33 bits per heavy atom. The molecule has 0 saturated carbocycles. The van der Waals surface area contributed by atoms with Crippen LogP contribution in [0.2, 0.25) is 0 Å². The Labute approximate surface area is 189 Å². The molecule has 0 unspecified atom stereocenters. The first-order valence-electron chi connectivity index (χ1n) is 10.1. The minimum atomic E-state index is -0.976. The van der Waals surface area contributed by atoms with Crippen LogP contribution in [0.15, 0.2) is 78.9 Å². The fraction of sp³-hybridized carbons (Fsp3) is 0.0800. The molecule has 0 bridgehead atoms. The number of hydrogen-bond donors (Lipinski definition) is 1. The van der Waals surface area contributed by atoms with Crippen LogP contribution in [0.1, 0.15) is 21.5 Å². The molecule has 0 amide bonds.